The molecule has 1 aliphatic rings. The van der Waals surface area contributed by atoms with Crippen LogP contribution >= 0.6 is 0 Å². The Kier molecular flexibility index (Phi) is 3.14. The standard InChI is InChI=1S/C11H18N4O/c1-15(2)14-10-6-5-9(12)11(13-10)16-7-8-3-4-8/h5-6,8H,3-4,7,12H2,1-2H3,(H,13,14). The van der Waals surface area contributed by atoms with Crippen LogP contribution in [0.2, 0.25) is 0 Å². The van der Waals surface area contributed by atoms with Gasteiger partial charge in [-0.2, -0.15) is 4.98 Å². The number of hydrogen-bond acceptors (Lipinski definition) is 5. The molecule has 3 N–H and O–H groups in total. The Morgan fingerprint density at radius 2 is 2.25 bits per heavy atom. The lowest BCUT2D eigenvalue weighted by molar-refractivity contribution is 0.290. The lowest BCUT2D eigenvalue weighted by atomic mass is 10.4. The van der Waals surface area contributed by atoms with Gasteiger partial charge in [-0.05, 0) is 30.9 Å². The molecule has 16 heavy (non-hydrogen) atoms. The third kappa shape index (κ3) is 3.00. The van der Waals surface area contributed by atoms with Crippen molar-refractivity contribution in [2.45, 2.75) is 12.8 Å². The second-order valence-electron chi connectivity index (χ2n) is 4.35. The number of hydrogen-bond donors (Lipinski definition) is 2. The van der Waals surface area contributed by atoms with E-state index in [4.69, 9.17) is 10.5 Å². The predicted molar refractivity (Wildman–Crippen MR) is 64.2 cm³/mol. The molecule has 1 fully saturated rings. The first-order valence-electron chi connectivity index (χ1n) is 5.48. The first-order valence-corrected chi connectivity index (χ1v) is 5.48. The summed E-state index contributed by atoms with van der Waals surface area (Å²) >= 11 is 0. The van der Waals surface area contributed by atoms with Crippen LogP contribution in [-0.4, -0.2) is 30.7 Å². The fourth-order valence-electron chi connectivity index (χ4n) is 1.34. The van der Waals surface area contributed by atoms with E-state index in [1.807, 2.05) is 25.2 Å². The van der Waals surface area contributed by atoms with Gasteiger partial charge in [-0.15, -0.1) is 0 Å². The zero-order valence-corrected chi connectivity index (χ0v) is 9.73. The Labute approximate surface area is 95.6 Å². The van der Waals surface area contributed by atoms with E-state index in [1.165, 1.54) is 12.8 Å². The second-order valence-corrected chi connectivity index (χ2v) is 4.35. The van der Waals surface area contributed by atoms with Crippen molar-refractivity contribution in [3.05, 3.63) is 12.1 Å². The van der Waals surface area contributed by atoms with E-state index in [0.717, 1.165) is 12.4 Å². The number of aromatic nitrogens is 1. The summed E-state index contributed by atoms with van der Waals surface area (Å²) in [6.07, 6.45) is 2.52. The van der Waals surface area contributed by atoms with Crippen molar-refractivity contribution in [3.63, 3.8) is 0 Å². The van der Waals surface area contributed by atoms with Crippen molar-refractivity contribution in [2.24, 2.45) is 5.92 Å². The van der Waals surface area contributed by atoms with Gasteiger partial charge in [0.2, 0.25) is 5.88 Å². The monoisotopic (exact) mass is 222 g/mol. The summed E-state index contributed by atoms with van der Waals surface area (Å²) < 4.78 is 5.59. The normalized spacial score (nSPS) is 15.2. The molecule has 1 aliphatic carbocycles. The van der Waals surface area contributed by atoms with E-state index < -0.39 is 0 Å². The highest BCUT2D eigenvalue weighted by Gasteiger charge is 2.22. The van der Waals surface area contributed by atoms with Crippen LogP contribution in [0.3, 0.4) is 0 Å². The van der Waals surface area contributed by atoms with Crippen LogP contribution in [0.4, 0.5) is 11.5 Å². The van der Waals surface area contributed by atoms with E-state index in [9.17, 15) is 0 Å². The van der Waals surface area contributed by atoms with Crippen LogP contribution in [0.25, 0.3) is 0 Å². The molecule has 1 saturated carbocycles. The topological polar surface area (TPSA) is 63.4 Å². The first kappa shape index (κ1) is 11.0. The van der Waals surface area contributed by atoms with E-state index in [1.54, 1.807) is 6.07 Å². The van der Waals surface area contributed by atoms with Gasteiger partial charge in [-0.3, -0.25) is 0 Å². The molecule has 1 aromatic rings. The molecule has 0 saturated heterocycles. The predicted octanol–water partition coefficient (Wildman–Crippen LogP) is 1.34. The van der Waals surface area contributed by atoms with Crippen LogP contribution in [0.5, 0.6) is 5.88 Å². The highest BCUT2D eigenvalue weighted by molar-refractivity contribution is 5.53. The molecular formula is C11H18N4O. The average molecular weight is 222 g/mol. The molecular weight excluding hydrogens is 204 g/mol. The van der Waals surface area contributed by atoms with Crippen molar-refractivity contribution in [1.29, 1.82) is 0 Å². The summed E-state index contributed by atoms with van der Waals surface area (Å²) in [6.45, 7) is 0.725. The maximum Gasteiger partial charge on any atom is 0.239 e. The Hall–Kier alpha value is -1.49. The summed E-state index contributed by atoms with van der Waals surface area (Å²) in [5, 5.41) is 1.82. The fraction of sp³-hybridized carbons (Fsp3) is 0.545. The van der Waals surface area contributed by atoms with Crippen LogP contribution < -0.4 is 15.9 Å². The van der Waals surface area contributed by atoms with Gasteiger partial charge in [0.15, 0.2) is 0 Å². The highest BCUT2D eigenvalue weighted by atomic mass is 16.5. The number of nitrogen functional groups attached to an aromatic ring is 1. The number of rotatable bonds is 5. The summed E-state index contributed by atoms with van der Waals surface area (Å²) in [5.41, 5.74) is 9.45. The maximum atomic E-state index is 5.80. The maximum absolute atomic E-state index is 5.80. The van der Waals surface area contributed by atoms with Crippen LogP contribution in [0, 0.1) is 5.92 Å². The van der Waals surface area contributed by atoms with Gasteiger partial charge in [-0.1, -0.05) is 0 Å². The third-order valence-corrected chi connectivity index (χ3v) is 2.38. The molecule has 0 atom stereocenters. The molecule has 0 aromatic carbocycles. The van der Waals surface area contributed by atoms with Crippen molar-refractivity contribution in [1.82, 2.24) is 9.99 Å². The van der Waals surface area contributed by atoms with Gasteiger partial charge in [0, 0.05) is 14.1 Å². The van der Waals surface area contributed by atoms with Crippen LogP contribution in [0.1, 0.15) is 12.8 Å². The molecule has 5 heteroatoms. The molecule has 1 aromatic heterocycles. The minimum Gasteiger partial charge on any atom is -0.476 e. The molecule has 0 radical (unpaired) electrons. The number of nitrogens with two attached hydrogens (primary N) is 1. The SMILES string of the molecule is CN(C)Nc1ccc(N)c(OCC2CC2)n1. The van der Waals surface area contributed by atoms with E-state index in [2.05, 4.69) is 10.4 Å². The van der Waals surface area contributed by atoms with Crippen LogP contribution in [-0.2, 0) is 0 Å². The van der Waals surface area contributed by atoms with Gasteiger partial charge >= 0.3 is 0 Å². The van der Waals surface area contributed by atoms with Crippen LogP contribution in [0.15, 0.2) is 12.1 Å². The molecule has 5 nitrogen and oxygen atoms in total. The Morgan fingerprint density at radius 1 is 1.50 bits per heavy atom. The quantitative estimate of drug-likeness (QED) is 0.736. The van der Waals surface area contributed by atoms with E-state index >= 15 is 0 Å². The zero-order valence-electron chi connectivity index (χ0n) is 9.73. The van der Waals surface area contributed by atoms with Gasteiger partial charge in [0.1, 0.15) is 5.82 Å². The molecule has 2 rings (SSSR count). The minimum absolute atomic E-state index is 0.527. The van der Waals surface area contributed by atoms with Crippen molar-refractivity contribution in [2.75, 3.05) is 31.9 Å². The van der Waals surface area contributed by atoms with Crippen molar-refractivity contribution in [3.8, 4) is 5.88 Å². The summed E-state index contributed by atoms with van der Waals surface area (Å²) in [4.78, 5) is 4.31. The van der Waals surface area contributed by atoms with Gasteiger partial charge in [0.25, 0.3) is 0 Å². The Bertz CT molecular complexity index is 363. The third-order valence-electron chi connectivity index (χ3n) is 2.38. The van der Waals surface area contributed by atoms with E-state index in [-0.39, 0.29) is 0 Å². The van der Waals surface area contributed by atoms with Crippen molar-refractivity contribution < 1.29 is 4.74 Å². The fourth-order valence-corrected chi connectivity index (χ4v) is 1.34. The lowest BCUT2D eigenvalue weighted by Crippen LogP contribution is -2.20. The molecule has 1 heterocycles. The minimum atomic E-state index is 0.527. The molecule has 0 bridgehead atoms. The first-order chi connectivity index (χ1) is 7.65. The highest BCUT2D eigenvalue weighted by Crippen LogP contribution is 2.30. The lowest BCUT2D eigenvalue weighted by Gasteiger charge is -2.14. The molecule has 88 valence electrons. The number of nitrogens with one attached hydrogen (secondary N) is 1. The largest absolute Gasteiger partial charge is 0.476 e. The Balaban J connectivity index is 2.02. The summed E-state index contributed by atoms with van der Waals surface area (Å²) in [6, 6.07) is 3.64. The van der Waals surface area contributed by atoms with Gasteiger partial charge in [0.05, 0.1) is 12.3 Å². The average Bonchev–Trinajstić information content (AvgIpc) is 3.02. The zero-order chi connectivity index (χ0) is 11.5. The molecule has 0 aliphatic heterocycles. The van der Waals surface area contributed by atoms with Crippen molar-refractivity contribution >= 4 is 11.5 Å². The van der Waals surface area contributed by atoms with Gasteiger partial charge < -0.3 is 15.9 Å². The number of nitrogens with zero attached hydrogens (tertiary/aromatic N) is 2. The number of ether oxygens (including phenoxy) is 1. The molecule has 0 amide bonds. The molecule has 0 unspecified atom stereocenters. The summed E-state index contributed by atoms with van der Waals surface area (Å²) in [5.74, 6) is 1.97. The number of hydrazine groups is 1. The number of pyridine rings is 1. The van der Waals surface area contributed by atoms with Gasteiger partial charge in [-0.25, -0.2) is 5.01 Å². The van der Waals surface area contributed by atoms with E-state index in [0.29, 0.717) is 17.5 Å². The smallest absolute Gasteiger partial charge is 0.239 e. The Morgan fingerprint density at radius 3 is 2.88 bits per heavy atom. The second kappa shape index (κ2) is 4.57. The molecule has 0 spiro atoms. The number of anilines is 2. The summed E-state index contributed by atoms with van der Waals surface area (Å²) in [7, 11) is 3.81.